The van der Waals surface area contributed by atoms with Crippen LogP contribution in [0.4, 0.5) is 0 Å². The third kappa shape index (κ3) is 2.74. The van der Waals surface area contributed by atoms with Crippen LogP contribution >= 0.6 is 0 Å². The van der Waals surface area contributed by atoms with Crippen molar-refractivity contribution in [3.05, 3.63) is 24.2 Å². The first-order valence-electron chi connectivity index (χ1n) is 7.23. The Morgan fingerprint density at radius 1 is 1.50 bits per heavy atom. The molecule has 0 N–H and O–H groups in total. The number of piperidine rings is 1. The smallest absolute Gasteiger partial charge is 0.251 e. The van der Waals surface area contributed by atoms with E-state index >= 15 is 0 Å². The van der Waals surface area contributed by atoms with Gasteiger partial charge in [0, 0.05) is 32.7 Å². The lowest BCUT2D eigenvalue weighted by Crippen LogP contribution is -2.42. The quantitative estimate of drug-likeness (QED) is 0.837. The maximum absolute atomic E-state index is 12.0. The molecule has 0 bridgehead atoms. The van der Waals surface area contributed by atoms with Gasteiger partial charge in [-0.2, -0.15) is 0 Å². The van der Waals surface area contributed by atoms with Gasteiger partial charge in [-0.05, 0) is 31.4 Å². The molecule has 2 aliphatic heterocycles. The molecule has 0 spiro atoms. The lowest BCUT2D eigenvalue weighted by atomic mass is 9.91. The van der Waals surface area contributed by atoms with Crippen molar-refractivity contribution in [1.82, 2.24) is 9.80 Å². The van der Waals surface area contributed by atoms with Crippen molar-refractivity contribution < 1.29 is 13.9 Å². The third-order valence-electron chi connectivity index (χ3n) is 4.34. The van der Waals surface area contributed by atoms with Crippen LogP contribution in [-0.2, 0) is 16.1 Å². The number of amides is 1. The summed E-state index contributed by atoms with van der Waals surface area (Å²) >= 11 is 0. The molecule has 2 aliphatic rings. The molecular formula is C15H22N2O3. The summed E-state index contributed by atoms with van der Waals surface area (Å²) in [5.41, 5.74) is 1.20. The minimum atomic E-state index is -0.242. The van der Waals surface area contributed by atoms with Gasteiger partial charge in [0.05, 0.1) is 18.6 Å². The fraction of sp³-hybridized carbons (Fsp3) is 0.667. The standard InChI is InChI=1S/C15H22N2O3/c1-16(2)15(18)13-7-12-3-5-17(9-14(12)20-13)8-11-4-6-19-10-11/h4,6,10,12-14H,3,5,7-9H2,1-2H3/t12-,13+,14-/m0/s1. The maximum atomic E-state index is 12.0. The number of rotatable bonds is 3. The number of hydrogen-bond donors (Lipinski definition) is 0. The summed E-state index contributed by atoms with van der Waals surface area (Å²) in [5, 5.41) is 0. The zero-order chi connectivity index (χ0) is 14.1. The molecule has 0 aliphatic carbocycles. The number of likely N-dealkylation sites (tertiary alicyclic amines) is 1. The zero-order valence-electron chi connectivity index (χ0n) is 12.1. The molecule has 110 valence electrons. The number of carbonyl (C=O) groups excluding carboxylic acids is 1. The molecule has 3 rings (SSSR count). The van der Waals surface area contributed by atoms with Gasteiger partial charge in [-0.1, -0.05) is 0 Å². The molecule has 2 fully saturated rings. The van der Waals surface area contributed by atoms with Crippen molar-refractivity contribution in [2.45, 2.75) is 31.6 Å². The molecule has 0 radical (unpaired) electrons. The normalized spacial score (nSPS) is 30.2. The molecule has 0 unspecified atom stereocenters. The van der Waals surface area contributed by atoms with Crippen LogP contribution in [0.3, 0.4) is 0 Å². The van der Waals surface area contributed by atoms with Gasteiger partial charge in [-0.15, -0.1) is 0 Å². The highest BCUT2D eigenvalue weighted by Gasteiger charge is 2.42. The van der Waals surface area contributed by atoms with Crippen LogP contribution in [0, 0.1) is 5.92 Å². The van der Waals surface area contributed by atoms with Crippen LogP contribution < -0.4 is 0 Å². The molecule has 1 aromatic heterocycles. The largest absolute Gasteiger partial charge is 0.472 e. The Morgan fingerprint density at radius 2 is 2.35 bits per heavy atom. The molecule has 5 heteroatoms. The molecule has 0 saturated carbocycles. The van der Waals surface area contributed by atoms with E-state index in [-0.39, 0.29) is 18.1 Å². The van der Waals surface area contributed by atoms with Crippen LogP contribution in [-0.4, -0.2) is 55.1 Å². The molecule has 3 heterocycles. The highest BCUT2D eigenvalue weighted by atomic mass is 16.5. The molecule has 2 saturated heterocycles. The fourth-order valence-corrected chi connectivity index (χ4v) is 3.23. The number of likely N-dealkylation sites (N-methyl/N-ethyl adjacent to an activating group) is 1. The van der Waals surface area contributed by atoms with E-state index in [0.29, 0.717) is 5.92 Å². The van der Waals surface area contributed by atoms with Gasteiger partial charge in [0.25, 0.3) is 5.91 Å². The fourth-order valence-electron chi connectivity index (χ4n) is 3.23. The molecule has 20 heavy (non-hydrogen) atoms. The van der Waals surface area contributed by atoms with Gasteiger partial charge in [-0.25, -0.2) is 0 Å². The summed E-state index contributed by atoms with van der Waals surface area (Å²) in [6.07, 6.45) is 5.44. The topological polar surface area (TPSA) is 45.9 Å². The Labute approximate surface area is 119 Å². The van der Waals surface area contributed by atoms with E-state index in [4.69, 9.17) is 9.15 Å². The predicted octanol–water partition coefficient (Wildman–Crippen LogP) is 1.35. The summed E-state index contributed by atoms with van der Waals surface area (Å²) in [5.74, 6) is 0.630. The van der Waals surface area contributed by atoms with Crippen molar-refractivity contribution in [3.8, 4) is 0 Å². The van der Waals surface area contributed by atoms with E-state index < -0.39 is 0 Å². The number of hydrogen-bond acceptors (Lipinski definition) is 4. The first-order valence-corrected chi connectivity index (χ1v) is 7.23. The summed E-state index contributed by atoms with van der Waals surface area (Å²) in [6.45, 7) is 2.88. The summed E-state index contributed by atoms with van der Waals surface area (Å²) in [4.78, 5) is 16.0. The SMILES string of the molecule is CN(C)C(=O)[C@H]1C[C@@H]2CCN(Cc3ccoc3)C[C@@H]2O1. The van der Waals surface area contributed by atoms with E-state index in [2.05, 4.69) is 4.90 Å². The molecular weight excluding hydrogens is 256 g/mol. The van der Waals surface area contributed by atoms with Crippen LogP contribution in [0.5, 0.6) is 0 Å². The van der Waals surface area contributed by atoms with Crippen molar-refractivity contribution >= 4 is 5.91 Å². The Bertz CT molecular complexity index is 458. The number of ether oxygens (including phenoxy) is 1. The van der Waals surface area contributed by atoms with Gasteiger partial charge in [0.15, 0.2) is 0 Å². The van der Waals surface area contributed by atoms with Crippen LogP contribution in [0.15, 0.2) is 23.0 Å². The summed E-state index contributed by atoms with van der Waals surface area (Å²) in [7, 11) is 3.58. The number of furan rings is 1. The lowest BCUT2D eigenvalue weighted by molar-refractivity contribution is -0.141. The lowest BCUT2D eigenvalue weighted by Gasteiger charge is -2.33. The van der Waals surface area contributed by atoms with E-state index in [1.807, 2.05) is 6.07 Å². The average molecular weight is 278 g/mol. The highest BCUT2D eigenvalue weighted by molar-refractivity contribution is 5.80. The second-order valence-corrected chi connectivity index (χ2v) is 6.05. The minimum Gasteiger partial charge on any atom is -0.472 e. The van der Waals surface area contributed by atoms with E-state index in [0.717, 1.165) is 32.5 Å². The molecule has 5 nitrogen and oxygen atoms in total. The molecule has 3 atom stereocenters. The molecule has 1 amide bonds. The number of nitrogens with zero attached hydrogens (tertiary/aromatic N) is 2. The first kappa shape index (κ1) is 13.6. The van der Waals surface area contributed by atoms with Crippen molar-refractivity contribution in [2.75, 3.05) is 27.2 Å². The van der Waals surface area contributed by atoms with Gasteiger partial charge in [0.2, 0.25) is 0 Å². The van der Waals surface area contributed by atoms with Gasteiger partial charge in [-0.3, -0.25) is 9.69 Å². The number of carbonyl (C=O) groups is 1. The Kier molecular flexibility index (Phi) is 3.81. The van der Waals surface area contributed by atoms with E-state index in [1.54, 1.807) is 31.5 Å². The Hall–Kier alpha value is -1.33. The predicted molar refractivity (Wildman–Crippen MR) is 74.1 cm³/mol. The Morgan fingerprint density at radius 3 is 3.05 bits per heavy atom. The average Bonchev–Trinajstić information content (AvgIpc) is 3.06. The minimum absolute atomic E-state index is 0.0979. The first-order chi connectivity index (χ1) is 9.63. The third-order valence-corrected chi connectivity index (χ3v) is 4.34. The van der Waals surface area contributed by atoms with Crippen molar-refractivity contribution in [2.24, 2.45) is 5.92 Å². The zero-order valence-corrected chi connectivity index (χ0v) is 12.1. The van der Waals surface area contributed by atoms with E-state index in [1.165, 1.54) is 5.56 Å². The molecule has 0 aromatic carbocycles. The van der Waals surface area contributed by atoms with Gasteiger partial charge in [0.1, 0.15) is 6.10 Å². The number of fused-ring (bicyclic) bond motifs is 1. The Balaban J connectivity index is 1.57. The van der Waals surface area contributed by atoms with Gasteiger partial charge >= 0.3 is 0 Å². The van der Waals surface area contributed by atoms with Crippen molar-refractivity contribution in [1.29, 1.82) is 0 Å². The monoisotopic (exact) mass is 278 g/mol. The van der Waals surface area contributed by atoms with Gasteiger partial charge < -0.3 is 14.1 Å². The molecule has 1 aromatic rings. The van der Waals surface area contributed by atoms with Crippen LogP contribution in [0.25, 0.3) is 0 Å². The second-order valence-electron chi connectivity index (χ2n) is 6.05. The van der Waals surface area contributed by atoms with Crippen LogP contribution in [0.1, 0.15) is 18.4 Å². The maximum Gasteiger partial charge on any atom is 0.251 e. The second kappa shape index (κ2) is 5.58. The van der Waals surface area contributed by atoms with Crippen molar-refractivity contribution in [3.63, 3.8) is 0 Å². The van der Waals surface area contributed by atoms with Crippen LogP contribution in [0.2, 0.25) is 0 Å². The summed E-state index contributed by atoms with van der Waals surface area (Å²) < 4.78 is 11.1. The van der Waals surface area contributed by atoms with E-state index in [9.17, 15) is 4.79 Å². The highest BCUT2D eigenvalue weighted by Crippen LogP contribution is 2.34. The summed E-state index contributed by atoms with van der Waals surface area (Å²) in [6, 6.07) is 2.00.